The van der Waals surface area contributed by atoms with E-state index >= 15 is 0 Å². The molecule has 2 aromatic rings. The first-order valence-electron chi connectivity index (χ1n) is 12.1. The van der Waals surface area contributed by atoms with E-state index in [9.17, 15) is 13.2 Å². The van der Waals surface area contributed by atoms with Crippen LogP contribution in [0.3, 0.4) is 0 Å². The minimum Gasteiger partial charge on any atom is -0.493 e. The van der Waals surface area contributed by atoms with Crippen LogP contribution in [0.2, 0.25) is 5.02 Å². The van der Waals surface area contributed by atoms with E-state index in [1.54, 1.807) is 35.7 Å². The van der Waals surface area contributed by atoms with Gasteiger partial charge in [-0.3, -0.25) is 4.79 Å². The average molecular weight is 533 g/mol. The number of halogens is 1. The van der Waals surface area contributed by atoms with E-state index in [2.05, 4.69) is 0 Å². The van der Waals surface area contributed by atoms with Crippen molar-refractivity contribution in [2.75, 3.05) is 40.4 Å². The summed E-state index contributed by atoms with van der Waals surface area (Å²) < 4.78 is 38.8. The molecule has 2 saturated heterocycles. The highest BCUT2D eigenvalue weighted by atomic mass is 35.5. The number of likely N-dealkylation sites (tertiary alicyclic amines) is 1. The van der Waals surface area contributed by atoms with Gasteiger partial charge >= 0.3 is 0 Å². The molecule has 2 aromatic carbocycles. The van der Waals surface area contributed by atoms with Gasteiger partial charge in [-0.25, -0.2) is 8.42 Å². The third-order valence-corrected chi connectivity index (χ3v) is 9.85. The Labute approximate surface area is 218 Å². The first kappa shape index (κ1) is 26.5. The van der Waals surface area contributed by atoms with Gasteiger partial charge in [-0.1, -0.05) is 23.7 Å². The van der Waals surface area contributed by atoms with E-state index in [0.717, 1.165) is 30.4 Å². The SMILES string of the molecule is COc1ccc(C=CC(=O)N2CCC3(CCN(S(=O)(=O)c4cc(C)ccc4C)CC3)C2)c(Cl)c1OC. The van der Waals surface area contributed by atoms with E-state index in [4.69, 9.17) is 21.1 Å². The van der Waals surface area contributed by atoms with E-state index in [1.807, 2.05) is 30.9 Å². The number of amides is 1. The topological polar surface area (TPSA) is 76.2 Å². The predicted molar refractivity (Wildman–Crippen MR) is 141 cm³/mol. The molecule has 2 fully saturated rings. The number of hydrogen-bond donors (Lipinski definition) is 0. The van der Waals surface area contributed by atoms with Crippen molar-refractivity contribution in [2.45, 2.75) is 38.0 Å². The zero-order valence-electron chi connectivity index (χ0n) is 21.2. The smallest absolute Gasteiger partial charge is 0.246 e. The van der Waals surface area contributed by atoms with Gasteiger partial charge in [-0.15, -0.1) is 0 Å². The van der Waals surface area contributed by atoms with Crippen LogP contribution in [0.5, 0.6) is 11.5 Å². The van der Waals surface area contributed by atoms with E-state index in [1.165, 1.54) is 13.2 Å². The molecule has 194 valence electrons. The third-order valence-electron chi connectivity index (χ3n) is 7.41. The van der Waals surface area contributed by atoms with Crippen LogP contribution in [-0.2, 0) is 14.8 Å². The molecular weight excluding hydrogens is 500 g/mol. The first-order chi connectivity index (χ1) is 17.1. The number of hydrogen-bond acceptors (Lipinski definition) is 5. The Morgan fingerprint density at radius 2 is 1.72 bits per heavy atom. The monoisotopic (exact) mass is 532 g/mol. The number of piperidine rings is 1. The van der Waals surface area contributed by atoms with Crippen molar-refractivity contribution in [3.8, 4) is 11.5 Å². The molecule has 1 amide bonds. The first-order valence-corrected chi connectivity index (χ1v) is 13.9. The molecule has 2 aliphatic heterocycles. The molecule has 36 heavy (non-hydrogen) atoms. The Bertz CT molecular complexity index is 1280. The maximum absolute atomic E-state index is 13.3. The lowest BCUT2D eigenvalue weighted by molar-refractivity contribution is -0.125. The van der Waals surface area contributed by atoms with Crippen molar-refractivity contribution in [3.63, 3.8) is 0 Å². The highest BCUT2D eigenvalue weighted by Crippen LogP contribution is 2.42. The Kier molecular flexibility index (Phi) is 7.69. The highest BCUT2D eigenvalue weighted by Gasteiger charge is 2.44. The van der Waals surface area contributed by atoms with Gasteiger partial charge in [0, 0.05) is 32.3 Å². The number of aryl methyl sites for hydroxylation is 2. The highest BCUT2D eigenvalue weighted by molar-refractivity contribution is 7.89. The standard InChI is InChI=1S/C27H33ClN2O5S/c1-19-5-6-20(2)23(17-19)36(32,33)30-15-12-27(13-16-30)11-14-29(18-27)24(31)10-8-21-7-9-22(34-3)26(35-4)25(21)28/h5-10,17H,11-16,18H2,1-4H3. The number of carbonyl (C=O) groups is 1. The minimum absolute atomic E-state index is 0.0435. The number of benzene rings is 2. The molecule has 0 radical (unpaired) electrons. The van der Waals surface area contributed by atoms with Gasteiger partial charge in [0.15, 0.2) is 11.5 Å². The van der Waals surface area contributed by atoms with Crippen LogP contribution in [0.25, 0.3) is 6.08 Å². The fourth-order valence-electron chi connectivity index (χ4n) is 5.16. The zero-order chi connectivity index (χ0) is 26.1. The number of carbonyl (C=O) groups excluding carboxylic acids is 1. The molecule has 0 bridgehead atoms. The summed E-state index contributed by atoms with van der Waals surface area (Å²) in [5.41, 5.74) is 2.32. The van der Waals surface area contributed by atoms with Crippen molar-refractivity contribution in [3.05, 3.63) is 58.1 Å². The molecule has 1 spiro atoms. The summed E-state index contributed by atoms with van der Waals surface area (Å²) >= 11 is 6.43. The van der Waals surface area contributed by atoms with Crippen molar-refractivity contribution in [1.82, 2.24) is 9.21 Å². The van der Waals surface area contributed by atoms with Crippen LogP contribution >= 0.6 is 11.6 Å². The Morgan fingerprint density at radius 1 is 1.03 bits per heavy atom. The van der Waals surface area contributed by atoms with Crippen molar-refractivity contribution in [2.24, 2.45) is 5.41 Å². The normalized spacial score (nSPS) is 18.2. The van der Waals surface area contributed by atoms with Crippen LogP contribution < -0.4 is 9.47 Å². The molecule has 0 atom stereocenters. The summed E-state index contributed by atoms with van der Waals surface area (Å²) in [5, 5.41) is 0.385. The largest absolute Gasteiger partial charge is 0.493 e. The second-order valence-electron chi connectivity index (χ2n) is 9.72. The molecule has 7 nitrogen and oxygen atoms in total. The van der Waals surface area contributed by atoms with Crippen LogP contribution in [0, 0.1) is 19.3 Å². The molecular formula is C27H33ClN2O5S. The number of sulfonamides is 1. The molecule has 9 heteroatoms. The van der Waals surface area contributed by atoms with E-state index in [-0.39, 0.29) is 11.3 Å². The van der Waals surface area contributed by atoms with Crippen LogP contribution in [0.4, 0.5) is 0 Å². The van der Waals surface area contributed by atoms with Gasteiger partial charge < -0.3 is 14.4 Å². The average Bonchev–Trinajstić information content (AvgIpc) is 3.27. The predicted octanol–water partition coefficient (Wildman–Crippen LogP) is 4.69. The molecule has 0 aliphatic carbocycles. The van der Waals surface area contributed by atoms with Crippen LogP contribution in [0.1, 0.15) is 36.0 Å². The number of ether oxygens (including phenoxy) is 2. The summed E-state index contributed by atoms with van der Waals surface area (Å²) in [5.74, 6) is 0.873. The van der Waals surface area contributed by atoms with Gasteiger partial charge in [-0.05, 0) is 79.5 Å². The third kappa shape index (κ3) is 5.12. The Morgan fingerprint density at radius 3 is 2.39 bits per heavy atom. The van der Waals surface area contributed by atoms with E-state index in [0.29, 0.717) is 53.2 Å². The minimum atomic E-state index is -3.54. The number of rotatable bonds is 6. The fraction of sp³-hybridized carbons (Fsp3) is 0.444. The lowest BCUT2D eigenvalue weighted by Crippen LogP contribution is -2.44. The quantitative estimate of drug-likeness (QED) is 0.504. The molecule has 0 unspecified atom stereocenters. The van der Waals surface area contributed by atoms with Crippen molar-refractivity contribution in [1.29, 1.82) is 0 Å². The molecule has 2 heterocycles. The number of methoxy groups -OCH3 is 2. The molecule has 0 aromatic heterocycles. The summed E-state index contributed by atoms with van der Waals surface area (Å²) in [4.78, 5) is 15.2. The lowest BCUT2D eigenvalue weighted by Gasteiger charge is -2.38. The van der Waals surface area contributed by atoms with Crippen LogP contribution in [-0.4, -0.2) is 63.9 Å². The summed E-state index contributed by atoms with van der Waals surface area (Å²) in [6, 6.07) is 9.07. The summed E-state index contributed by atoms with van der Waals surface area (Å²) in [7, 11) is -0.475. The van der Waals surface area contributed by atoms with Gasteiger partial charge in [-0.2, -0.15) is 4.31 Å². The Balaban J connectivity index is 1.40. The molecule has 0 saturated carbocycles. The van der Waals surface area contributed by atoms with Crippen molar-refractivity contribution < 1.29 is 22.7 Å². The maximum Gasteiger partial charge on any atom is 0.246 e. The second kappa shape index (κ2) is 10.4. The van der Waals surface area contributed by atoms with Gasteiger partial charge in [0.2, 0.25) is 15.9 Å². The summed E-state index contributed by atoms with van der Waals surface area (Å²) in [6.45, 7) is 5.96. The maximum atomic E-state index is 13.3. The Hall–Kier alpha value is -2.55. The van der Waals surface area contributed by atoms with Gasteiger partial charge in [0.1, 0.15) is 0 Å². The molecule has 2 aliphatic rings. The molecule has 0 N–H and O–H groups in total. The van der Waals surface area contributed by atoms with E-state index < -0.39 is 10.0 Å². The molecule has 4 rings (SSSR count). The number of nitrogens with zero attached hydrogens (tertiary/aromatic N) is 2. The van der Waals surface area contributed by atoms with Crippen LogP contribution in [0.15, 0.2) is 41.3 Å². The zero-order valence-corrected chi connectivity index (χ0v) is 22.8. The second-order valence-corrected chi connectivity index (χ2v) is 12.0. The van der Waals surface area contributed by atoms with Gasteiger partial charge in [0.25, 0.3) is 0 Å². The summed E-state index contributed by atoms with van der Waals surface area (Å²) in [6.07, 6.45) is 5.59. The fourth-order valence-corrected chi connectivity index (χ4v) is 7.20. The van der Waals surface area contributed by atoms with Gasteiger partial charge in [0.05, 0.1) is 24.1 Å². The lowest BCUT2D eigenvalue weighted by atomic mass is 9.78. The van der Waals surface area contributed by atoms with Crippen molar-refractivity contribution >= 4 is 33.6 Å².